The Hall–Kier alpha value is -2.86. The minimum atomic E-state index is -0.176. The van der Waals surface area contributed by atoms with Crippen LogP contribution in [-0.4, -0.2) is 25.3 Å². The molecular weight excluding hydrogens is 332 g/mol. The lowest BCUT2D eigenvalue weighted by Gasteiger charge is -2.07. The SMILES string of the molecule is O=c1cc2nc(-c3ccccc3)nc(SCCc3ccccc3)n2[nH]1. The van der Waals surface area contributed by atoms with E-state index in [2.05, 4.69) is 27.2 Å². The smallest absolute Gasteiger partial charge is 0.266 e. The number of benzene rings is 2. The van der Waals surface area contributed by atoms with Gasteiger partial charge in [0.15, 0.2) is 16.6 Å². The van der Waals surface area contributed by atoms with Gasteiger partial charge in [-0.05, 0) is 12.0 Å². The van der Waals surface area contributed by atoms with E-state index in [4.69, 9.17) is 0 Å². The Morgan fingerprint density at radius 1 is 0.960 bits per heavy atom. The maximum atomic E-state index is 11.7. The second-order valence-electron chi connectivity index (χ2n) is 5.59. The van der Waals surface area contributed by atoms with E-state index in [1.54, 1.807) is 16.3 Å². The molecule has 0 atom stereocenters. The van der Waals surface area contributed by atoms with E-state index in [0.717, 1.165) is 22.9 Å². The summed E-state index contributed by atoms with van der Waals surface area (Å²) in [5.74, 6) is 1.49. The van der Waals surface area contributed by atoms with Gasteiger partial charge in [0.25, 0.3) is 5.56 Å². The molecule has 0 radical (unpaired) electrons. The minimum absolute atomic E-state index is 0.176. The zero-order valence-electron chi connectivity index (χ0n) is 13.4. The fourth-order valence-corrected chi connectivity index (χ4v) is 3.54. The van der Waals surface area contributed by atoms with E-state index >= 15 is 0 Å². The molecule has 0 fully saturated rings. The first kappa shape index (κ1) is 15.7. The van der Waals surface area contributed by atoms with Crippen LogP contribution < -0.4 is 5.56 Å². The third-order valence-corrected chi connectivity index (χ3v) is 4.76. The van der Waals surface area contributed by atoms with Crippen LogP contribution in [0.3, 0.4) is 0 Å². The van der Waals surface area contributed by atoms with Gasteiger partial charge in [0.05, 0.1) is 0 Å². The van der Waals surface area contributed by atoms with Gasteiger partial charge < -0.3 is 0 Å². The van der Waals surface area contributed by atoms with Gasteiger partial charge in [0.1, 0.15) is 0 Å². The van der Waals surface area contributed by atoms with Crippen LogP contribution in [0.15, 0.2) is 76.7 Å². The Morgan fingerprint density at radius 2 is 1.68 bits per heavy atom. The highest BCUT2D eigenvalue weighted by Crippen LogP contribution is 2.22. The van der Waals surface area contributed by atoms with Crippen molar-refractivity contribution < 1.29 is 0 Å². The van der Waals surface area contributed by atoms with E-state index in [9.17, 15) is 4.79 Å². The molecule has 4 rings (SSSR count). The van der Waals surface area contributed by atoms with Crippen molar-refractivity contribution in [3.8, 4) is 11.4 Å². The summed E-state index contributed by atoms with van der Waals surface area (Å²) in [6, 6.07) is 21.6. The molecule has 2 aromatic heterocycles. The molecule has 0 unspecified atom stereocenters. The highest BCUT2D eigenvalue weighted by atomic mass is 32.2. The van der Waals surface area contributed by atoms with E-state index < -0.39 is 0 Å². The van der Waals surface area contributed by atoms with Crippen LogP contribution >= 0.6 is 11.8 Å². The van der Waals surface area contributed by atoms with E-state index in [1.807, 2.05) is 48.5 Å². The fourth-order valence-electron chi connectivity index (χ4n) is 2.60. The Bertz CT molecular complexity index is 1040. The molecule has 0 spiro atoms. The summed E-state index contributed by atoms with van der Waals surface area (Å²) in [7, 11) is 0. The van der Waals surface area contributed by atoms with Gasteiger partial charge in [-0.2, -0.15) is 0 Å². The Balaban J connectivity index is 1.65. The fraction of sp³-hybridized carbons (Fsp3) is 0.105. The van der Waals surface area contributed by atoms with Crippen molar-refractivity contribution in [3.63, 3.8) is 0 Å². The normalized spacial score (nSPS) is 11.0. The van der Waals surface area contributed by atoms with Crippen LogP contribution in [0.1, 0.15) is 5.56 Å². The van der Waals surface area contributed by atoms with Crippen molar-refractivity contribution in [1.29, 1.82) is 0 Å². The third-order valence-electron chi connectivity index (χ3n) is 3.82. The molecule has 0 bridgehead atoms. The third kappa shape index (κ3) is 3.49. The number of hydrogen-bond acceptors (Lipinski definition) is 4. The highest BCUT2D eigenvalue weighted by Gasteiger charge is 2.11. The van der Waals surface area contributed by atoms with Crippen molar-refractivity contribution in [1.82, 2.24) is 19.6 Å². The van der Waals surface area contributed by atoms with Gasteiger partial charge in [-0.25, -0.2) is 14.5 Å². The molecule has 0 amide bonds. The quantitative estimate of drug-likeness (QED) is 0.561. The monoisotopic (exact) mass is 348 g/mol. The maximum Gasteiger partial charge on any atom is 0.266 e. The molecule has 6 heteroatoms. The summed E-state index contributed by atoms with van der Waals surface area (Å²) in [6.45, 7) is 0. The number of H-pyrrole nitrogens is 1. The van der Waals surface area contributed by atoms with Crippen molar-refractivity contribution in [2.45, 2.75) is 11.6 Å². The first-order valence-electron chi connectivity index (χ1n) is 8.01. The summed E-state index contributed by atoms with van der Waals surface area (Å²) in [6.07, 6.45) is 0.934. The van der Waals surface area contributed by atoms with Crippen LogP contribution in [0.25, 0.3) is 17.0 Å². The van der Waals surface area contributed by atoms with Crippen LogP contribution in [0.4, 0.5) is 0 Å². The molecule has 0 saturated heterocycles. The van der Waals surface area contributed by atoms with Gasteiger partial charge in [0.2, 0.25) is 0 Å². The summed E-state index contributed by atoms with van der Waals surface area (Å²) in [4.78, 5) is 20.9. The number of nitrogens with zero attached hydrogens (tertiary/aromatic N) is 3. The van der Waals surface area contributed by atoms with Crippen LogP contribution in [0.2, 0.25) is 0 Å². The van der Waals surface area contributed by atoms with Gasteiger partial charge in [-0.1, -0.05) is 72.4 Å². The Morgan fingerprint density at radius 3 is 2.44 bits per heavy atom. The largest absolute Gasteiger partial charge is 0.268 e. The van der Waals surface area contributed by atoms with Gasteiger partial charge >= 0.3 is 0 Å². The molecule has 4 aromatic rings. The van der Waals surface area contributed by atoms with Crippen LogP contribution in [0, 0.1) is 0 Å². The number of hydrogen-bond donors (Lipinski definition) is 1. The number of aromatic amines is 1. The molecule has 2 heterocycles. The number of fused-ring (bicyclic) bond motifs is 1. The molecule has 5 nitrogen and oxygen atoms in total. The van der Waals surface area contributed by atoms with E-state index in [-0.39, 0.29) is 5.56 Å². The van der Waals surface area contributed by atoms with Crippen LogP contribution in [0.5, 0.6) is 0 Å². The Kier molecular flexibility index (Phi) is 4.35. The first-order chi connectivity index (χ1) is 12.3. The summed E-state index contributed by atoms with van der Waals surface area (Å²) < 4.78 is 1.66. The molecular formula is C19H16N4OS. The summed E-state index contributed by atoms with van der Waals surface area (Å²) in [5.41, 5.74) is 2.62. The molecule has 0 aliphatic heterocycles. The number of nitrogens with one attached hydrogen (secondary N) is 1. The predicted octanol–water partition coefficient (Wildman–Crippen LogP) is 3.42. The lowest BCUT2D eigenvalue weighted by atomic mass is 10.2. The van der Waals surface area contributed by atoms with E-state index in [1.165, 1.54) is 11.6 Å². The van der Waals surface area contributed by atoms with Gasteiger partial charge in [0, 0.05) is 17.4 Å². The Labute approximate surface area is 148 Å². The van der Waals surface area contributed by atoms with E-state index in [0.29, 0.717) is 11.5 Å². The van der Waals surface area contributed by atoms with Crippen molar-refractivity contribution in [2.24, 2.45) is 0 Å². The van der Waals surface area contributed by atoms with Crippen LogP contribution in [-0.2, 0) is 6.42 Å². The maximum absolute atomic E-state index is 11.7. The zero-order valence-corrected chi connectivity index (χ0v) is 14.2. The van der Waals surface area contributed by atoms with Gasteiger partial charge in [-0.15, -0.1) is 0 Å². The standard InChI is InChI=1S/C19H16N4OS/c24-17-13-16-20-18(15-9-5-2-6-10-15)21-19(23(16)22-17)25-12-11-14-7-3-1-4-8-14/h1-10,13H,11-12H2,(H,22,24). The highest BCUT2D eigenvalue weighted by molar-refractivity contribution is 7.99. The summed E-state index contributed by atoms with van der Waals surface area (Å²) >= 11 is 1.61. The summed E-state index contributed by atoms with van der Waals surface area (Å²) in [5, 5.41) is 3.51. The molecule has 2 aromatic carbocycles. The molecule has 0 saturated carbocycles. The van der Waals surface area contributed by atoms with Crippen molar-refractivity contribution in [3.05, 3.63) is 82.6 Å². The van der Waals surface area contributed by atoms with Gasteiger partial charge in [-0.3, -0.25) is 9.89 Å². The molecule has 0 aliphatic carbocycles. The lowest BCUT2D eigenvalue weighted by molar-refractivity contribution is 0.766. The second kappa shape index (κ2) is 6.94. The minimum Gasteiger partial charge on any atom is -0.268 e. The average Bonchev–Trinajstić information content (AvgIpc) is 3.03. The number of rotatable bonds is 5. The molecule has 1 N–H and O–H groups in total. The zero-order chi connectivity index (χ0) is 17.1. The predicted molar refractivity (Wildman–Crippen MR) is 99.9 cm³/mol. The molecule has 0 aliphatic rings. The first-order valence-corrected chi connectivity index (χ1v) is 9.00. The second-order valence-corrected chi connectivity index (χ2v) is 6.66. The number of aryl methyl sites for hydroxylation is 1. The van der Waals surface area contributed by atoms with Crippen molar-refractivity contribution >= 4 is 17.4 Å². The number of aromatic nitrogens is 4. The number of thioether (sulfide) groups is 1. The topological polar surface area (TPSA) is 63.1 Å². The lowest BCUT2D eigenvalue weighted by Crippen LogP contribution is -2.05. The average molecular weight is 348 g/mol. The molecule has 25 heavy (non-hydrogen) atoms. The van der Waals surface area contributed by atoms with Crippen molar-refractivity contribution in [2.75, 3.05) is 5.75 Å². The molecule has 124 valence electrons.